The van der Waals surface area contributed by atoms with Gasteiger partial charge in [0.2, 0.25) is 5.91 Å². The molecule has 2 aliphatic rings. The number of ether oxygens (including phenoxy) is 1. The quantitative estimate of drug-likeness (QED) is 0.304. The minimum atomic E-state index is -5.33. The number of carbonyl (C=O) groups excluding carboxylic acids is 5. The van der Waals surface area contributed by atoms with Crippen molar-refractivity contribution >= 4 is 39.7 Å². The molecule has 1 saturated heterocycles. The van der Waals surface area contributed by atoms with E-state index in [0.717, 1.165) is 12.2 Å². The summed E-state index contributed by atoms with van der Waals surface area (Å²) in [5.74, 6) is -5.60. The maximum atomic E-state index is 12.5. The van der Waals surface area contributed by atoms with Crippen LogP contribution in [0.15, 0.2) is 12.2 Å². The third-order valence-electron chi connectivity index (χ3n) is 3.93. The van der Waals surface area contributed by atoms with E-state index in [1.54, 1.807) is 12.2 Å². The molecule has 12 heteroatoms. The summed E-state index contributed by atoms with van der Waals surface area (Å²) in [7, 11) is -5.33. The normalized spacial score (nSPS) is 24.2. The molecule has 0 spiro atoms. The summed E-state index contributed by atoms with van der Waals surface area (Å²) in [6, 6.07) is -1.51. The van der Waals surface area contributed by atoms with Crippen LogP contribution in [0.3, 0.4) is 0 Å². The molecule has 0 bridgehead atoms. The van der Waals surface area contributed by atoms with E-state index in [-0.39, 0.29) is 6.42 Å². The Balaban J connectivity index is 2.36. The zero-order valence-corrected chi connectivity index (χ0v) is 14.4. The van der Waals surface area contributed by atoms with E-state index in [4.69, 9.17) is 4.74 Å². The summed E-state index contributed by atoms with van der Waals surface area (Å²) < 4.78 is 37.4. The Labute approximate surface area is 148 Å². The van der Waals surface area contributed by atoms with Crippen LogP contribution in [0, 0.1) is 0 Å². The van der Waals surface area contributed by atoms with Crippen molar-refractivity contribution in [2.45, 2.75) is 43.6 Å². The third-order valence-corrected chi connectivity index (χ3v) is 5.18. The van der Waals surface area contributed by atoms with E-state index in [9.17, 15) is 36.9 Å². The molecule has 142 valence electrons. The Morgan fingerprint density at radius 3 is 2.31 bits per heavy atom. The van der Waals surface area contributed by atoms with Crippen molar-refractivity contribution in [1.82, 2.24) is 10.2 Å². The average molecular weight is 388 g/mol. The molecule has 26 heavy (non-hydrogen) atoms. The average Bonchev–Trinajstić information content (AvgIpc) is 3.00. The fraction of sp³-hybridized carbons (Fsp3) is 0.500. The highest BCUT2D eigenvalue weighted by atomic mass is 32.2. The largest absolute Gasteiger partial charge is 0.428 e. The van der Waals surface area contributed by atoms with Gasteiger partial charge in [0.05, 0.1) is 6.42 Å². The Bertz CT molecular complexity index is 798. The first-order valence-electron chi connectivity index (χ1n) is 7.63. The van der Waals surface area contributed by atoms with Gasteiger partial charge in [-0.3, -0.25) is 33.9 Å². The van der Waals surface area contributed by atoms with Gasteiger partial charge in [-0.2, -0.15) is 8.42 Å². The number of nitrogens with one attached hydrogen (secondary N) is 1. The molecule has 0 aliphatic carbocycles. The fourth-order valence-corrected chi connectivity index (χ4v) is 3.39. The highest BCUT2D eigenvalue weighted by Gasteiger charge is 2.61. The summed E-state index contributed by atoms with van der Waals surface area (Å²) in [6.45, 7) is 1.77. The summed E-state index contributed by atoms with van der Waals surface area (Å²) in [4.78, 5) is 56.9. The van der Waals surface area contributed by atoms with E-state index >= 15 is 0 Å². The van der Waals surface area contributed by atoms with Crippen molar-refractivity contribution in [2.24, 2.45) is 0 Å². The standard InChI is InChI=1S/C14H16N2O9S/c1-2-3-4-8(16-10(18)5-6-11(16)19)12(20)25-14(26(22,23)24)7-9(17)15-13(14)21/h5-6,8H,2-4,7H2,1H3,(H,15,17,21)(H,22,23,24). The maximum absolute atomic E-state index is 12.5. The van der Waals surface area contributed by atoms with E-state index in [1.807, 2.05) is 0 Å². The predicted octanol–water partition coefficient (Wildman–Crippen LogP) is -1.36. The van der Waals surface area contributed by atoms with E-state index in [2.05, 4.69) is 0 Å². The molecule has 2 rings (SSSR count). The van der Waals surface area contributed by atoms with Gasteiger partial charge in [-0.15, -0.1) is 0 Å². The molecule has 4 amide bonds. The van der Waals surface area contributed by atoms with E-state index < -0.39 is 57.1 Å². The molecular weight excluding hydrogens is 372 g/mol. The SMILES string of the molecule is CCCCC(C(=O)OC1(S(=O)(=O)O)CC(=O)NC1=O)N1C(=O)C=CC1=O. The van der Waals surface area contributed by atoms with Crippen LogP contribution >= 0.6 is 0 Å². The maximum Gasteiger partial charge on any atom is 0.331 e. The lowest BCUT2D eigenvalue weighted by Gasteiger charge is -2.28. The second-order valence-corrected chi connectivity index (χ2v) is 7.35. The number of imide groups is 2. The molecule has 2 atom stereocenters. The van der Waals surface area contributed by atoms with Crippen LogP contribution in [0.25, 0.3) is 0 Å². The van der Waals surface area contributed by atoms with Crippen molar-refractivity contribution in [2.75, 3.05) is 0 Å². The second-order valence-electron chi connectivity index (χ2n) is 5.74. The van der Waals surface area contributed by atoms with Gasteiger partial charge in [0.15, 0.2) is 0 Å². The predicted molar refractivity (Wildman–Crippen MR) is 82.4 cm³/mol. The highest BCUT2D eigenvalue weighted by Crippen LogP contribution is 2.30. The van der Waals surface area contributed by atoms with Gasteiger partial charge in [-0.25, -0.2) is 4.79 Å². The van der Waals surface area contributed by atoms with Crippen molar-refractivity contribution < 1.29 is 41.7 Å². The molecular formula is C14H16N2O9S. The summed E-state index contributed by atoms with van der Waals surface area (Å²) in [5, 5.41) is 1.63. The lowest BCUT2D eigenvalue weighted by molar-refractivity contribution is -0.167. The first-order chi connectivity index (χ1) is 12.0. The summed E-state index contributed by atoms with van der Waals surface area (Å²) in [5.41, 5.74) is 0. The minimum absolute atomic E-state index is 0.0500. The smallest absolute Gasteiger partial charge is 0.331 e. The molecule has 0 saturated carbocycles. The number of nitrogens with zero attached hydrogens (tertiary/aromatic N) is 1. The van der Waals surface area contributed by atoms with Crippen molar-refractivity contribution in [3.05, 3.63) is 12.2 Å². The van der Waals surface area contributed by atoms with Gasteiger partial charge in [0.1, 0.15) is 6.04 Å². The molecule has 1 fully saturated rings. The van der Waals surface area contributed by atoms with Gasteiger partial charge in [-0.1, -0.05) is 19.8 Å². The fourth-order valence-electron chi connectivity index (χ4n) is 2.60. The first-order valence-corrected chi connectivity index (χ1v) is 9.07. The molecule has 11 nitrogen and oxygen atoms in total. The number of hydrogen-bond donors (Lipinski definition) is 2. The van der Waals surface area contributed by atoms with Gasteiger partial charge < -0.3 is 4.74 Å². The summed E-state index contributed by atoms with van der Waals surface area (Å²) >= 11 is 0. The number of amides is 4. The molecule has 2 heterocycles. The Morgan fingerprint density at radius 1 is 1.31 bits per heavy atom. The third kappa shape index (κ3) is 3.37. The zero-order chi connectivity index (χ0) is 19.7. The molecule has 0 radical (unpaired) electrons. The molecule has 0 aromatic carbocycles. The van der Waals surface area contributed by atoms with Gasteiger partial charge in [-0.05, 0) is 6.42 Å². The number of rotatable bonds is 7. The number of hydrogen-bond acceptors (Lipinski definition) is 8. The van der Waals surface area contributed by atoms with Gasteiger partial charge in [0, 0.05) is 12.2 Å². The molecule has 2 unspecified atom stereocenters. The molecule has 2 aliphatic heterocycles. The lowest BCUT2D eigenvalue weighted by Crippen LogP contribution is -2.53. The highest BCUT2D eigenvalue weighted by molar-refractivity contribution is 7.88. The van der Waals surface area contributed by atoms with E-state index in [0.29, 0.717) is 17.7 Å². The first kappa shape index (κ1) is 19.7. The Hall–Kier alpha value is -2.60. The van der Waals surface area contributed by atoms with Gasteiger partial charge >= 0.3 is 21.0 Å². The zero-order valence-electron chi connectivity index (χ0n) is 13.6. The van der Waals surface area contributed by atoms with E-state index in [1.165, 1.54) is 0 Å². The molecule has 2 N–H and O–H groups in total. The number of unbranched alkanes of at least 4 members (excludes halogenated alkanes) is 1. The van der Waals surface area contributed by atoms with Crippen LogP contribution < -0.4 is 5.32 Å². The van der Waals surface area contributed by atoms with Crippen LogP contribution in [-0.4, -0.2) is 58.4 Å². The Kier molecular flexibility index (Phi) is 5.28. The van der Waals surface area contributed by atoms with Crippen LogP contribution in [0.2, 0.25) is 0 Å². The van der Waals surface area contributed by atoms with Gasteiger partial charge in [0.25, 0.3) is 17.7 Å². The van der Waals surface area contributed by atoms with Crippen LogP contribution in [0.4, 0.5) is 0 Å². The molecule has 0 aromatic rings. The van der Waals surface area contributed by atoms with Crippen LogP contribution in [0.1, 0.15) is 32.6 Å². The Morgan fingerprint density at radius 2 is 1.88 bits per heavy atom. The molecule has 0 aromatic heterocycles. The number of carbonyl (C=O) groups is 5. The number of esters is 1. The monoisotopic (exact) mass is 388 g/mol. The minimum Gasteiger partial charge on any atom is -0.428 e. The topological polar surface area (TPSA) is 164 Å². The van der Waals surface area contributed by atoms with Crippen molar-refractivity contribution in [1.29, 1.82) is 0 Å². The second kappa shape index (κ2) is 6.96. The summed E-state index contributed by atoms with van der Waals surface area (Å²) in [6.07, 6.45) is 1.64. The van der Waals surface area contributed by atoms with Crippen molar-refractivity contribution in [3.8, 4) is 0 Å². The van der Waals surface area contributed by atoms with Crippen molar-refractivity contribution in [3.63, 3.8) is 0 Å². The lowest BCUT2D eigenvalue weighted by atomic mass is 10.1. The van der Waals surface area contributed by atoms with Crippen LogP contribution in [-0.2, 0) is 38.8 Å². The van der Waals surface area contributed by atoms with Crippen LogP contribution in [0.5, 0.6) is 0 Å².